The number of nitrogens with one attached hydrogen (secondary N) is 5. The molecule has 0 spiro atoms. The number of benzene rings is 2. The first-order chi connectivity index (χ1) is 19.8. The molecule has 1 aliphatic heterocycles. The van der Waals surface area contributed by atoms with Crippen molar-refractivity contribution in [3.05, 3.63) is 70.5 Å². The second kappa shape index (κ2) is 14.0. The van der Waals surface area contributed by atoms with Crippen molar-refractivity contribution in [3.8, 4) is 0 Å². The number of nitrogen functional groups attached to an aromatic ring is 1. The van der Waals surface area contributed by atoms with E-state index in [1.165, 1.54) is 24.3 Å². The molecule has 1 aromatic heterocycles. The van der Waals surface area contributed by atoms with Crippen molar-refractivity contribution in [3.63, 3.8) is 0 Å². The van der Waals surface area contributed by atoms with Crippen LogP contribution < -0.4 is 32.6 Å². The molecule has 42 heavy (non-hydrogen) atoms. The maximum atomic E-state index is 12.3. The van der Waals surface area contributed by atoms with Crippen LogP contribution in [0.1, 0.15) is 23.2 Å². The molecular weight excluding hydrogens is 574 g/mol. The highest BCUT2D eigenvalue weighted by Crippen LogP contribution is 2.20. The van der Waals surface area contributed by atoms with Gasteiger partial charge in [0, 0.05) is 30.8 Å². The van der Waals surface area contributed by atoms with Crippen LogP contribution >= 0.6 is 0 Å². The zero-order chi connectivity index (χ0) is 30.9. The molecule has 4 rings (SSSR count). The number of aliphatic carboxylic acids is 2. The van der Waals surface area contributed by atoms with E-state index >= 15 is 0 Å². The van der Waals surface area contributed by atoms with E-state index in [1.807, 2.05) is 0 Å². The minimum absolute atomic E-state index is 0.0281. The van der Waals surface area contributed by atoms with E-state index in [0.29, 0.717) is 30.3 Å². The van der Waals surface area contributed by atoms with E-state index in [9.17, 15) is 27.6 Å². The lowest BCUT2D eigenvalue weighted by Crippen LogP contribution is -2.41. The van der Waals surface area contributed by atoms with Crippen LogP contribution in [0.5, 0.6) is 0 Å². The van der Waals surface area contributed by atoms with Gasteiger partial charge in [-0.1, -0.05) is 18.2 Å². The fourth-order valence-corrected chi connectivity index (χ4v) is 4.19. The van der Waals surface area contributed by atoms with Crippen LogP contribution in [0.4, 0.5) is 23.1 Å². The van der Waals surface area contributed by atoms with Crippen LogP contribution in [0.3, 0.4) is 0 Å². The lowest BCUT2D eigenvalue weighted by molar-refractivity contribution is -0.140. The van der Waals surface area contributed by atoms with Gasteiger partial charge < -0.3 is 37.2 Å². The normalized spacial score (nSPS) is 14.5. The predicted octanol–water partition coefficient (Wildman–Crippen LogP) is 0.651. The Kier molecular flexibility index (Phi) is 10.4. The summed E-state index contributed by atoms with van der Waals surface area (Å²) >= 11 is 0. The Labute approximate surface area is 239 Å². The number of aromatic amines is 1. The molecule has 0 aliphatic carbocycles. The monoisotopic (exact) mass is 603 g/mol. The summed E-state index contributed by atoms with van der Waals surface area (Å²) in [6, 6.07) is 12.4. The third-order valence-electron chi connectivity index (χ3n) is 5.79. The summed E-state index contributed by atoms with van der Waals surface area (Å²) in [6.07, 6.45) is -0.587. The van der Waals surface area contributed by atoms with Crippen LogP contribution in [-0.2, 0) is 19.7 Å². The zero-order valence-electron chi connectivity index (χ0n) is 21.9. The molecule has 2 unspecified atom stereocenters. The fourth-order valence-electron chi connectivity index (χ4n) is 3.69. The highest BCUT2D eigenvalue weighted by atomic mass is 32.2. The summed E-state index contributed by atoms with van der Waals surface area (Å²) in [5.74, 6) is -2.64. The van der Waals surface area contributed by atoms with E-state index in [0.717, 1.165) is 0 Å². The molecule has 0 fully saturated rings. The third kappa shape index (κ3) is 9.20. The average molecular weight is 604 g/mol. The van der Waals surface area contributed by atoms with Gasteiger partial charge in [0.1, 0.15) is 11.7 Å². The Morgan fingerprint density at radius 2 is 1.74 bits per heavy atom. The predicted molar refractivity (Wildman–Crippen MR) is 152 cm³/mol. The summed E-state index contributed by atoms with van der Waals surface area (Å²) in [4.78, 5) is 52.5. The molecule has 0 saturated carbocycles. The topological polar surface area (TPSA) is 266 Å². The Morgan fingerprint density at radius 1 is 1.07 bits per heavy atom. The second-order valence-electron chi connectivity index (χ2n) is 8.94. The molecular formula is C25H29N7O9S. The van der Waals surface area contributed by atoms with Crippen molar-refractivity contribution in [2.75, 3.05) is 34.8 Å². The van der Waals surface area contributed by atoms with Gasteiger partial charge in [0.2, 0.25) is 5.95 Å². The number of hydrogen-bond donors (Lipinski definition) is 9. The summed E-state index contributed by atoms with van der Waals surface area (Å²) in [5, 5.41) is 29.5. The second-order valence-corrected chi connectivity index (χ2v) is 10.4. The van der Waals surface area contributed by atoms with Crippen LogP contribution in [0, 0.1) is 0 Å². The molecule has 0 saturated heterocycles. The van der Waals surface area contributed by atoms with Crippen LogP contribution in [0.25, 0.3) is 0 Å². The van der Waals surface area contributed by atoms with E-state index in [4.69, 9.17) is 20.5 Å². The van der Waals surface area contributed by atoms with Crippen LogP contribution in [-0.4, -0.2) is 76.2 Å². The molecule has 2 atom stereocenters. The van der Waals surface area contributed by atoms with Gasteiger partial charge in [-0.25, -0.2) is 4.79 Å². The Bertz CT molecular complexity index is 1580. The molecule has 2 aromatic carbocycles. The number of nitrogens with two attached hydrogens (primary N) is 1. The molecule has 0 radical (unpaired) electrons. The van der Waals surface area contributed by atoms with Crippen molar-refractivity contribution in [1.29, 1.82) is 0 Å². The Balaban J connectivity index is 0.000000408. The van der Waals surface area contributed by atoms with Crippen LogP contribution in [0.2, 0.25) is 0 Å². The van der Waals surface area contributed by atoms with Crippen molar-refractivity contribution < 1.29 is 37.6 Å². The zero-order valence-corrected chi connectivity index (χ0v) is 22.7. The first kappa shape index (κ1) is 31.4. The summed E-state index contributed by atoms with van der Waals surface area (Å²) in [6.45, 7) is 0.960. The third-order valence-corrected chi connectivity index (χ3v) is 6.66. The molecule has 3 aromatic rings. The van der Waals surface area contributed by atoms with Gasteiger partial charge in [0.15, 0.2) is 5.82 Å². The lowest BCUT2D eigenvalue weighted by Gasteiger charge is -2.27. The highest BCUT2D eigenvalue weighted by Gasteiger charge is 2.23. The van der Waals surface area contributed by atoms with Crippen molar-refractivity contribution in [2.45, 2.75) is 29.8 Å². The maximum absolute atomic E-state index is 12.3. The number of fused-ring (bicyclic) bond motifs is 1. The number of anilines is 4. The lowest BCUT2D eigenvalue weighted by atomic mass is 10.1. The quantitative estimate of drug-likeness (QED) is 0.144. The summed E-state index contributed by atoms with van der Waals surface area (Å²) in [5.41, 5.74) is 6.40. The van der Waals surface area contributed by atoms with Crippen molar-refractivity contribution in [2.24, 2.45) is 0 Å². The number of hydrogen-bond acceptors (Lipinski definition) is 11. The molecule has 0 bridgehead atoms. The number of amides is 1. The van der Waals surface area contributed by atoms with E-state index in [2.05, 4.69) is 31.2 Å². The molecule has 16 nitrogen and oxygen atoms in total. The average Bonchev–Trinajstić information content (AvgIpc) is 2.94. The summed E-state index contributed by atoms with van der Waals surface area (Å²) in [7, 11) is -4.00. The molecule has 1 aliphatic rings. The smallest absolute Gasteiger partial charge is 0.326 e. The minimum Gasteiger partial charge on any atom is -0.481 e. The molecule has 10 N–H and O–H groups in total. The number of carboxylic acids is 2. The molecule has 2 heterocycles. The maximum Gasteiger partial charge on any atom is 0.326 e. The fraction of sp³-hybridized carbons (Fsp3) is 0.240. The van der Waals surface area contributed by atoms with Gasteiger partial charge in [-0.2, -0.15) is 13.4 Å². The van der Waals surface area contributed by atoms with E-state index in [1.54, 1.807) is 30.3 Å². The van der Waals surface area contributed by atoms with Gasteiger partial charge in [-0.05, 0) is 42.8 Å². The first-order valence-electron chi connectivity index (χ1n) is 12.4. The molecule has 1 amide bonds. The number of carbonyl (C=O) groups is 3. The van der Waals surface area contributed by atoms with Crippen LogP contribution in [0.15, 0.2) is 64.3 Å². The number of rotatable bonds is 10. The summed E-state index contributed by atoms with van der Waals surface area (Å²) < 4.78 is 29.2. The number of carbonyl (C=O) groups excluding carboxylic acids is 1. The highest BCUT2D eigenvalue weighted by molar-refractivity contribution is 7.85. The van der Waals surface area contributed by atoms with Gasteiger partial charge in [0.05, 0.1) is 10.9 Å². The van der Waals surface area contributed by atoms with E-state index in [-0.39, 0.29) is 40.9 Å². The van der Waals surface area contributed by atoms with Gasteiger partial charge >= 0.3 is 11.9 Å². The molecule has 17 heteroatoms. The number of aromatic nitrogens is 2. The van der Waals surface area contributed by atoms with Crippen molar-refractivity contribution in [1.82, 2.24) is 15.3 Å². The van der Waals surface area contributed by atoms with Gasteiger partial charge in [0.25, 0.3) is 21.6 Å². The standard InChI is InChI=1S/C19H23N7O6.C6H6O3S/c20-19-25-15-14(17(30)26-19)23-11(8-22-15)7-21-10-3-1-9(2-4-10)16(29)24-12(18(31)32)5-6-13(27)28;7-10(8,9)6-4-2-1-3-5-6/h1-4,11-12,21,23H,5-8H2,(H,24,29)(H,27,28)(H,31,32)(H4,20,22,25,26,30);1-5H,(H,7,8,9). The first-order valence-corrected chi connectivity index (χ1v) is 13.8. The number of H-pyrrole nitrogens is 1. The van der Waals surface area contributed by atoms with Gasteiger partial charge in [-0.15, -0.1) is 0 Å². The van der Waals surface area contributed by atoms with Gasteiger partial charge in [-0.3, -0.25) is 23.9 Å². The Morgan fingerprint density at radius 3 is 2.31 bits per heavy atom. The Hall–Kier alpha value is -5.16. The number of nitrogens with zero attached hydrogens (tertiary/aromatic N) is 1. The molecule has 224 valence electrons. The van der Waals surface area contributed by atoms with E-state index < -0.39 is 34.0 Å². The minimum atomic E-state index is -4.00. The largest absolute Gasteiger partial charge is 0.481 e. The van der Waals surface area contributed by atoms with Crippen molar-refractivity contribution >= 4 is 51.1 Å². The SMILES string of the molecule is Nc1nc2c(c(=O)[nH]1)NC(CNc1ccc(C(=O)NC(CCC(=O)O)C(=O)O)cc1)CN2.O=S(=O)(O)c1ccccc1. The number of carboxylic acid groups (broad SMARTS) is 2.